The number of aryl methyl sites for hydroxylation is 1. The van der Waals surface area contributed by atoms with E-state index in [0.29, 0.717) is 17.2 Å². The molecule has 0 aliphatic carbocycles. The van der Waals surface area contributed by atoms with Gasteiger partial charge in [0, 0.05) is 5.41 Å². The van der Waals surface area contributed by atoms with Crippen LogP contribution in [0.5, 0.6) is 0 Å². The third-order valence-corrected chi connectivity index (χ3v) is 3.13. The average molecular weight is 256 g/mol. The Kier molecular flexibility index (Phi) is 3.87. The van der Waals surface area contributed by atoms with Crippen LogP contribution in [0.4, 0.5) is 5.13 Å². The molecule has 0 fully saturated rings. The molecule has 0 aromatic carbocycles. The second-order valence-electron chi connectivity index (χ2n) is 4.66. The lowest BCUT2D eigenvalue weighted by molar-refractivity contribution is -0.123. The number of carbonyl (C=O) groups is 2. The van der Waals surface area contributed by atoms with Crippen LogP contribution in [0, 0.1) is 5.41 Å². The van der Waals surface area contributed by atoms with Gasteiger partial charge >= 0.3 is 5.97 Å². The first-order valence-corrected chi connectivity index (χ1v) is 6.11. The Morgan fingerprint density at radius 3 is 2.35 bits per heavy atom. The number of hydrogen-bond acceptors (Lipinski definition) is 4. The first kappa shape index (κ1) is 13.6. The number of rotatable bonds is 3. The summed E-state index contributed by atoms with van der Waals surface area (Å²) in [6, 6.07) is 0. The topological polar surface area (TPSA) is 79.3 Å². The van der Waals surface area contributed by atoms with Crippen molar-refractivity contribution in [3.63, 3.8) is 0 Å². The van der Waals surface area contributed by atoms with E-state index in [0.717, 1.165) is 11.3 Å². The number of aromatic nitrogens is 1. The molecule has 0 spiro atoms. The minimum absolute atomic E-state index is 0.175. The third kappa shape index (κ3) is 3.26. The Bertz CT molecular complexity index is 446. The lowest BCUT2D eigenvalue weighted by Crippen LogP contribution is -2.27. The van der Waals surface area contributed by atoms with Gasteiger partial charge in [0.05, 0.1) is 5.69 Å². The van der Waals surface area contributed by atoms with Crippen LogP contribution in [0.3, 0.4) is 0 Å². The van der Waals surface area contributed by atoms with Gasteiger partial charge in [-0.05, 0) is 6.42 Å². The average Bonchev–Trinajstić information content (AvgIpc) is 2.59. The molecule has 0 unspecified atom stereocenters. The van der Waals surface area contributed by atoms with Crippen LogP contribution in [-0.2, 0) is 11.2 Å². The van der Waals surface area contributed by atoms with Crippen LogP contribution < -0.4 is 5.32 Å². The summed E-state index contributed by atoms with van der Waals surface area (Å²) in [5, 5.41) is 11.9. The quantitative estimate of drug-likeness (QED) is 0.870. The van der Waals surface area contributed by atoms with E-state index < -0.39 is 11.4 Å². The Labute approximate surface area is 104 Å². The Morgan fingerprint density at radius 1 is 1.41 bits per heavy atom. The van der Waals surface area contributed by atoms with Crippen LogP contribution >= 0.6 is 11.3 Å². The summed E-state index contributed by atoms with van der Waals surface area (Å²) in [4.78, 5) is 27.0. The fraction of sp³-hybridized carbons (Fsp3) is 0.545. The zero-order valence-corrected chi connectivity index (χ0v) is 11.1. The number of nitrogens with zero attached hydrogens (tertiary/aromatic N) is 1. The van der Waals surface area contributed by atoms with Gasteiger partial charge in [-0.2, -0.15) is 0 Å². The molecule has 0 atom stereocenters. The molecule has 0 saturated carbocycles. The third-order valence-electron chi connectivity index (χ3n) is 2.13. The SMILES string of the molecule is CCc1nc(NC(=O)C(C)(C)C)sc1C(=O)O. The van der Waals surface area contributed by atoms with Crippen molar-refractivity contribution in [3.8, 4) is 0 Å². The van der Waals surface area contributed by atoms with Crippen LogP contribution in [0.25, 0.3) is 0 Å². The molecule has 0 bridgehead atoms. The van der Waals surface area contributed by atoms with Crippen molar-refractivity contribution in [1.29, 1.82) is 0 Å². The molecule has 94 valence electrons. The lowest BCUT2D eigenvalue weighted by Gasteiger charge is -2.15. The highest BCUT2D eigenvalue weighted by molar-refractivity contribution is 7.17. The molecular formula is C11H16N2O3S. The van der Waals surface area contributed by atoms with E-state index in [2.05, 4.69) is 10.3 Å². The normalized spacial score (nSPS) is 11.3. The number of aromatic carboxylic acids is 1. The molecule has 1 amide bonds. The Balaban J connectivity index is 2.94. The monoisotopic (exact) mass is 256 g/mol. The van der Waals surface area contributed by atoms with E-state index in [9.17, 15) is 9.59 Å². The molecule has 2 N–H and O–H groups in total. The number of nitrogens with one attached hydrogen (secondary N) is 1. The summed E-state index contributed by atoms with van der Waals surface area (Å²) >= 11 is 0.994. The highest BCUT2D eigenvalue weighted by atomic mass is 32.1. The minimum Gasteiger partial charge on any atom is -0.477 e. The van der Waals surface area contributed by atoms with Gasteiger partial charge in [0.2, 0.25) is 5.91 Å². The molecule has 6 heteroatoms. The molecular weight excluding hydrogens is 240 g/mol. The summed E-state index contributed by atoms with van der Waals surface area (Å²) in [5.74, 6) is -1.18. The van der Waals surface area contributed by atoms with Gasteiger partial charge < -0.3 is 10.4 Å². The number of carboxylic acids is 1. The Hall–Kier alpha value is -1.43. The van der Waals surface area contributed by atoms with Crippen molar-refractivity contribution < 1.29 is 14.7 Å². The second-order valence-corrected chi connectivity index (χ2v) is 5.66. The molecule has 0 saturated heterocycles. The molecule has 1 rings (SSSR count). The number of amides is 1. The zero-order chi connectivity index (χ0) is 13.2. The van der Waals surface area contributed by atoms with Crippen molar-refractivity contribution in [1.82, 2.24) is 4.98 Å². The van der Waals surface area contributed by atoms with Crippen molar-refractivity contribution in [3.05, 3.63) is 10.6 Å². The van der Waals surface area contributed by atoms with E-state index in [-0.39, 0.29) is 10.8 Å². The number of anilines is 1. The van der Waals surface area contributed by atoms with E-state index in [1.807, 2.05) is 6.92 Å². The molecule has 1 heterocycles. The maximum atomic E-state index is 11.7. The lowest BCUT2D eigenvalue weighted by atomic mass is 9.96. The van der Waals surface area contributed by atoms with Crippen LogP contribution in [0.1, 0.15) is 43.1 Å². The standard InChI is InChI=1S/C11H16N2O3S/c1-5-6-7(8(14)15)17-10(12-6)13-9(16)11(2,3)4/h5H2,1-4H3,(H,14,15)(H,12,13,16). The van der Waals surface area contributed by atoms with Gasteiger partial charge in [0.15, 0.2) is 5.13 Å². The van der Waals surface area contributed by atoms with Crippen LogP contribution in [-0.4, -0.2) is 22.0 Å². The molecule has 1 aromatic heterocycles. The highest BCUT2D eigenvalue weighted by Crippen LogP contribution is 2.25. The van der Waals surface area contributed by atoms with E-state index in [1.54, 1.807) is 20.8 Å². The smallest absolute Gasteiger partial charge is 0.347 e. The maximum Gasteiger partial charge on any atom is 0.347 e. The summed E-state index contributed by atoms with van der Waals surface area (Å²) in [6.07, 6.45) is 0.531. The fourth-order valence-corrected chi connectivity index (χ4v) is 1.98. The molecule has 0 aliphatic heterocycles. The van der Waals surface area contributed by atoms with Gasteiger partial charge in [-0.1, -0.05) is 39.0 Å². The van der Waals surface area contributed by atoms with Gasteiger partial charge in [0.1, 0.15) is 4.88 Å². The molecule has 5 nitrogen and oxygen atoms in total. The maximum absolute atomic E-state index is 11.7. The highest BCUT2D eigenvalue weighted by Gasteiger charge is 2.24. The van der Waals surface area contributed by atoms with Crippen molar-refractivity contribution in [2.75, 3.05) is 5.32 Å². The molecule has 1 aromatic rings. The summed E-state index contributed by atoms with van der Waals surface area (Å²) in [5.41, 5.74) is -0.0201. The summed E-state index contributed by atoms with van der Waals surface area (Å²) in [7, 11) is 0. The van der Waals surface area contributed by atoms with Gasteiger partial charge in [-0.25, -0.2) is 9.78 Å². The zero-order valence-electron chi connectivity index (χ0n) is 10.3. The van der Waals surface area contributed by atoms with Gasteiger partial charge in [-0.15, -0.1) is 0 Å². The summed E-state index contributed by atoms with van der Waals surface area (Å²) in [6.45, 7) is 7.19. The minimum atomic E-state index is -1.00. The Morgan fingerprint density at radius 2 is 2.00 bits per heavy atom. The molecule has 0 aliphatic rings. The van der Waals surface area contributed by atoms with Gasteiger partial charge in [-0.3, -0.25) is 4.79 Å². The van der Waals surface area contributed by atoms with Crippen molar-refractivity contribution in [2.45, 2.75) is 34.1 Å². The first-order valence-electron chi connectivity index (χ1n) is 5.30. The summed E-state index contributed by atoms with van der Waals surface area (Å²) < 4.78 is 0. The number of thiazole rings is 1. The van der Waals surface area contributed by atoms with E-state index in [1.165, 1.54) is 0 Å². The van der Waals surface area contributed by atoms with Crippen LogP contribution in [0.15, 0.2) is 0 Å². The predicted molar refractivity (Wildman–Crippen MR) is 66.5 cm³/mol. The number of carbonyl (C=O) groups excluding carboxylic acids is 1. The molecule has 0 radical (unpaired) electrons. The van der Waals surface area contributed by atoms with Crippen molar-refractivity contribution >= 4 is 28.3 Å². The number of carboxylic acid groups (broad SMARTS) is 1. The molecule has 17 heavy (non-hydrogen) atoms. The number of hydrogen-bond donors (Lipinski definition) is 2. The van der Waals surface area contributed by atoms with Crippen LogP contribution in [0.2, 0.25) is 0 Å². The van der Waals surface area contributed by atoms with E-state index >= 15 is 0 Å². The first-order chi connectivity index (χ1) is 7.75. The second kappa shape index (κ2) is 4.83. The van der Waals surface area contributed by atoms with Crippen molar-refractivity contribution in [2.24, 2.45) is 5.41 Å². The fourth-order valence-electron chi connectivity index (χ4n) is 1.10. The largest absolute Gasteiger partial charge is 0.477 e. The predicted octanol–water partition coefficient (Wildman–Crippen LogP) is 2.39. The van der Waals surface area contributed by atoms with E-state index in [4.69, 9.17) is 5.11 Å². The van der Waals surface area contributed by atoms with Gasteiger partial charge in [0.25, 0.3) is 0 Å².